The van der Waals surface area contributed by atoms with Gasteiger partial charge in [0.15, 0.2) is 0 Å². The monoisotopic (exact) mass is 248 g/mol. The van der Waals surface area contributed by atoms with Gasteiger partial charge in [-0.25, -0.2) is 0 Å². The van der Waals surface area contributed by atoms with Gasteiger partial charge >= 0.3 is 0 Å². The molecule has 0 radical (unpaired) electrons. The van der Waals surface area contributed by atoms with Crippen molar-refractivity contribution in [1.29, 1.82) is 0 Å². The van der Waals surface area contributed by atoms with Crippen molar-refractivity contribution in [1.82, 2.24) is 0 Å². The van der Waals surface area contributed by atoms with Crippen LogP contribution in [-0.2, 0) is 11.0 Å². The third kappa shape index (κ3) is 2.54. The zero-order valence-electron chi connectivity index (χ0n) is 11.9. The average molecular weight is 248 g/mol. The molecule has 0 atom stereocenters. The minimum atomic E-state index is -0.644. The number of ether oxygens (including phenoxy) is 1. The van der Waals surface area contributed by atoms with E-state index in [1.165, 1.54) is 5.56 Å². The van der Waals surface area contributed by atoms with Crippen LogP contribution in [0.5, 0.6) is 5.75 Å². The molecule has 0 unspecified atom stereocenters. The van der Waals surface area contributed by atoms with Crippen LogP contribution < -0.4 is 4.74 Å². The van der Waals surface area contributed by atoms with E-state index in [0.717, 1.165) is 37.0 Å². The number of methoxy groups -OCH3 is 1. The van der Waals surface area contributed by atoms with E-state index in [0.29, 0.717) is 0 Å². The number of hydrogen-bond donors (Lipinski definition) is 1. The Morgan fingerprint density at radius 3 is 2.22 bits per heavy atom. The van der Waals surface area contributed by atoms with Crippen LogP contribution in [0.15, 0.2) is 18.2 Å². The Labute approximate surface area is 110 Å². The molecule has 0 heterocycles. The van der Waals surface area contributed by atoms with Crippen LogP contribution in [0.1, 0.15) is 57.6 Å². The predicted molar refractivity (Wildman–Crippen MR) is 74.1 cm³/mol. The summed E-state index contributed by atoms with van der Waals surface area (Å²) in [7, 11) is 1.68. The summed E-state index contributed by atoms with van der Waals surface area (Å²) < 4.78 is 5.38. The van der Waals surface area contributed by atoms with Gasteiger partial charge < -0.3 is 9.84 Å². The summed E-state index contributed by atoms with van der Waals surface area (Å²) in [4.78, 5) is 0. The Morgan fingerprint density at radius 1 is 1.11 bits per heavy atom. The summed E-state index contributed by atoms with van der Waals surface area (Å²) in [6.07, 6.45) is 3.95. The number of aliphatic hydroxyl groups is 1. The lowest BCUT2D eigenvalue weighted by Gasteiger charge is -2.27. The smallest absolute Gasteiger partial charge is 0.119 e. The van der Waals surface area contributed by atoms with E-state index in [1.807, 2.05) is 6.07 Å². The Balaban J connectivity index is 2.47. The molecule has 0 spiro atoms. The van der Waals surface area contributed by atoms with E-state index < -0.39 is 5.60 Å². The molecule has 1 fully saturated rings. The molecule has 2 nitrogen and oxygen atoms in total. The second kappa shape index (κ2) is 4.58. The van der Waals surface area contributed by atoms with Crippen LogP contribution >= 0.6 is 0 Å². The van der Waals surface area contributed by atoms with Crippen molar-refractivity contribution in [2.75, 3.05) is 7.11 Å². The maximum absolute atomic E-state index is 10.7. The number of rotatable bonds is 2. The van der Waals surface area contributed by atoms with Crippen molar-refractivity contribution >= 4 is 0 Å². The molecule has 1 N–H and O–H groups in total. The standard InChI is InChI=1S/C16H24O2/c1-15(2,3)12-9-13(11-14(10-12)18-4)16(17)7-5-6-8-16/h9-11,17H,5-8H2,1-4H3. The molecule has 0 aliphatic heterocycles. The van der Waals surface area contributed by atoms with Gasteiger partial charge in [0, 0.05) is 0 Å². The van der Waals surface area contributed by atoms with E-state index in [1.54, 1.807) is 7.11 Å². The van der Waals surface area contributed by atoms with E-state index in [-0.39, 0.29) is 5.41 Å². The van der Waals surface area contributed by atoms with Crippen molar-refractivity contribution in [3.63, 3.8) is 0 Å². The van der Waals surface area contributed by atoms with Gasteiger partial charge in [-0.05, 0) is 41.5 Å². The lowest BCUT2D eigenvalue weighted by Crippen LogP contribution is -2.22. The molecule has 2 rings (SSSR count). The highest BCUT2D eigenvalue weighted by Gasteiger charge is 2.34. The normalized spacial score (nSPS) is 18.9. The Kier molecular flexibility index (Phi) is 3.41. The second-order valence-electron chi connectivity index (χ2n) is 6.44. The zero-order valence-corrected chi connectivity index (χ0v) is 11.9. The van der Waals surface area contributed by atoms with E-state index >= 15 is 0 Å². The molecule has 1 aromatic carbocycles. The van der Waals surface area contributed by atoms with Crippen molar-refractivity contribution in [3.05, 3.63) is 29.3 Å². The first-order chi connectivity index (χ1) is 8.35. The van der Waals surface area contributed by atoms with Crippen LogP contribution in [-0.4, -0.2) is 12.2 Å². The molecule has 100 valence electrons. The molecule has 18 heavy (non-hydrogen) atoms. The molecule has 0 amide bonds. The summed E-state index contributed by atoms with van der Waals surface area (Å²) in [5.41, 5.74) is 1.66. The average Bonchev–Trinajstić information content (AvgIpc) is 2.76. The summed E-state index contributed by atoms with van der Waals surface area (Å²) >= 11 is 0. The fourth-order valence-electron chi connectivity index (χ4n) is 2.67. The minimum absolute atomic E-state index is 0.0677. The third-order valence-electron chi connectivity index (χ3n) is 3.98. The van der Waals surface area contributed by atoms with Crippen LogP contribution in [0, 0.1) is 0 Å². The van der Waals surface area contributed by atoms with Crippen molar-refractivity contribution in [3.8, 4) is 5.75 Å². The van der Waals surface area contributed by atoms with Crippen LogP contribution in [0.3, 0.4) is 0 Å². The van der Waals surface area contributed by atoms with Gasteiger partial charge in [-0.3, -0.25) is 0 Å². The van der Waals surface area contributed by atoms with Gasteiger partial charge in [0.2, 0.25) is 0 Å². The molecule has 0 aromatic heterocycles. The maximum Gasteiger partial charge on any atom is 0.119 e. The third-order valence-corrected chi connectivity index (χ3v) is 3.98. The van der Waals surface area contributed by atoms with Gasteiger partial charge in [0.1, 0.15) is 5.75 Å². The van der Waals surface area contributed by atoms with Crippen LogP contribution in [0.25, 0.3) is 0 Å². The van der Waals surface area contributed by atoms with Gasteiger partial charge in [-0.2, -0.15) is 0 Å². The zero-order chi connectivity index (χ0) is 13.4. The Bertz CT molecular complexity index is 423. The van der Waals surface area contributed by atoms with Gasteiger partial charge in [0.25, 0.3) is 0 Å². The topological polar surface area (TPSA) is 29.5 Å². The molecule has 0 saturated heterocycles. The van der Waals surface area contributed by atoms with Gasteiger partial charge in [-0.15, -0.1) is 0 Å². The highest BCUT2D eigenvalue weighted by molar-refractivity contribution is 5.40. The second-order valence-corrected chi connectivity index (χ2v) is 6.44. The molecule has 1 aromatic rings. The molecular weight excluding hydrogens is 224 g/mol. The highest BCUT2D eigenvalue weighted by atomic mass is 16.5. The largest absolute Gasteiger partial charge is 0.497 e. The quantitative estimate of drug-likeness (QED) is 0.863. The first kappa shape index (κ1) is 13.4. The number of hydrogen-bond acceptors (Lipinski definition) is 2. The lowest BCUT2D eigenvalue weighted by atomic mass is 9.82. The van der Waals surface area contributed by atoms with E-state index in [2.05, 4.69) is 32.9 Å². The molecule has 1 aliphatic rings. The first-order valence-electron chi connectivity index (χ1n) is 6.78. The maximum atomic E-state index is 10.7. The lowest BCUT2D eigenvalue weighted by molar-refractivity contribution is 0.0441. The Morgan fingerprint density at radius 2 is 1.72 bits per heavy atom. The SMILES string of the molecule is COc1cc(C(C)(C)C)cc(C2(O)CCCC2)c1. The molecule has 2 heteroatoms. The Hall–Kier alpha value is -1.02. The van der Waals surface area contributed by atoms with E-state index in [4.69, 9.17) is 4.74 Å². The predicted octanol–water partition coefficient (Wildman–Crippen LogP) is 3.75. The van der Waals surface area contributed by atoms with E-state index in [9.17, 15) is 5.11 Å². The summed E-state index contributed by atoms with van der Waals surface area (Å²) in [5, 5.41) is 10.7. The molecule has 1 saturated carbocycles. The van der Waals surface area contributed by atoms with Gasteiger partial charge in [-0.1, -0.05) is 39.7 Å². The van der Waals surface area contributed by atoms with Crippen molar-refractivity contribution < 1.29 is 9.84 Å². The first-order valence-corrected chi connectivity index (χ1v) is 6.78. The number of benzene rings is 1. The fourth-order valence-corrected chi connectivity index (χ4v) is 2.67. The van der Waals surface area contributed by atoms with Crippen LogP contribution in [0.4, 0.5) is 0 Å². The van der Waals surface area contributed by atoms with Gasteiger partial charge in [0.05, 0.1) is 12.7 Å². The minimum Gasteiger partial charge on any atom is -0.497 e. The summed E-state index contributed by atoms with van der Waals surface area (Å²) in [6, 6.07) is 6.20. The molecule has 0 bridgehead atoms. The summed E-state index contributed by atoms with van der Waals surface area (Å²) in [5.74, 6) is 0.845. The van der Waals surface area contributed by atoms with Crippen LogP contribution in [0.2, 0.25) is 0 Å². The highest BCUT2D eigenvalue weighted by Crippen LogP contribution is 2.41. The van der Waals surface area contributed by atoms with Crippen molar-refractivity contribution in [2.45, 2.75) is 57.5 Å². The summed E-state index contributed by atoms with van der Waals surface area (Å²) in [6.45, 7) is 6.55. The molecule has 1 aliphatic carbocycles. The van der Waals surface area contributed by atoms with Crippen molar-refractivity contribution in [2.24, 2.45) is 0 Å². The fraction of sp³-hybridized carbons (Fsp3) is 0.625. The molecular formula is C16H24O2.